The monoisotopic (exact) mass is 416 g/mol. The van der Waals surface area contributed by atoms with Gasteiger partial charge in [0.25, 0.3) is 0 Å². The highest BCUT2D eigenvalue weighted by Crippen LogP contribution is 2.40. The van der Waals surface area contributed by atoms with Gasteiger partial charge in [-0.25, -0.2) is 13.5 Å². The maximum Gasteiger partial charge on any atom is 0.416 e. The number of carbonyl (C=O) groups is 1. The number of anilines is 1. The van der Waals surface area contributed by atoms with Crippen LogP contribution in [0.1, 0.15) is 32.3 Å². The van der Waals surface area contributed by atoms with Gasteiger partial charge in [-0.2, -0.15) is 23.3 Å². The van der Waals surface area contributed by atoms with Crippen molar-refractivity contribution in [3.05, 3.63) is 36.2 Å². The van der Waals surface area contributed by atoms with Crippen molar-refractivity contribution in [2.24, 2.45) is 5.92 Å². The van der Waals surface area contributed by atoms with E-state index in [2.05, 4.69) is 15.2 Å². The number of carbonyl (C=O) groups excluding carboxylic acids is 1. The minimum atomic E-state index is -4.64. The Morgan fingerprint density at radius 2 is 1.96 bits per heavy atom. The zero-order valence-corrected chi connectivity index (χ0v) is 16.0. The predicted molar refractivity (Wildman–Crippen MR) is 94.2 cm³/mol. The maximum absolute atomic E-state index is 13.1. The van der Waals surface area contributed by atoms with Crippen molar-refractivity contribution in [3.63, 3.8) is 0 Å². The summed E-state index contributed by atoms with van der Waals surface area (Å²) in [6, 6.07) is 3.69. The Morgan fingerprint density at radius 3 is 2.54 bits per heavy atom. The topological polar surface area (TPSA) is 96.0 Å². The van der Waals surface area contributed by atoms with E-state index in [-0.39, 0.29) is 24.8 Å². The van der Waals surface area contributed by atoms with Crippen LogP contribution in [0.3, 0.4) is 0 Å². The number of H-pyrrole nitrogens is 1. The van der Waals surface area contributed by atoms with Crippen LogP contribution < -0.4 is 4.90 Å². The number of halogens is 3. The Kier molecular flexibility index (Phi) is 4.98. The Balaban J connectivity index is 1.87. The van der Waals surface area contributed by atoms with Crippen molar-refractivity contribution in [2.45, 2.75) is 42.5 Å². The second-order valence-electron chi connectivity index (χ2n) is 7.18. The highest BCUT2D eigenvalue weighted by Gasteiger charge is 2.46. The molecule has 7 nitrogen and oxygen atoms in total. The molecule has 0 bridgehead atoms. The standard InChI is InChI=1S/C17H19F3N4O3S/c1-16(2,11-6-7-24(14(25)9-11)15-21-10-22-23-15)28(26,27)13-5-3-4-12(8-13)17(18,19)20/h3-5,8,10-11H,6-7,9H2,1-2H3,(H,21,22,23)/t11-/m0/s1. The Labute approximate surface area is 159 Å². The van der Waals surface area contributed by atoms with Crippen molar-refractivity contribution in [1.82, 2.24) is 15.2 Å². The fraction of sp³-hybridized carbons (Fsp3) is 0.471. The molecule has 2 aromatic rings. The van der Waals surface area contributed by atoms with Crippen LogP contribution in [0.25, 0.3) is 0 Å². The van der Waals surface area contributed by atoms with Gasteiger partial charge in [-0.15, -0.1) is 0 Å². The lowest BCUT2D eigenvalue weighted by Gasteiger charge is -2.38. The van der Waals surface area contributed by atoms with Gasteiger partial charge in [0.2, 0.25) is 11.9 Å². The molecule has 1 atom stereocenters. The van der Waals surface area contributed by atoms with E-state index in [0.29, 0.717) is 12.5 Å². The molecule has 0 aliphatic carbocycles. The lowest BCUT2D eigenvalue weighted by Crippen LogP contribution is -2.49. The molecule has 1 amide bonds. The molecule has 1 aromatic heterocycles. The van der Waals surface area contributed by atoms with Gasteiger partial charge in [0, 0.05) is 13.0 Å². The molecule has 1 aromatic carbocycles. The number of nitrogens with one attached hydrogen (secondary N) is 1. The summed E-state index contributed by atoms with van der Waals surface area (Å²) in [4.78, 5) is 17.4. The SMILES string of the molecule is CC(C)([C@H]1CCN(c2ncn[nH]2)C(=O)C1)S(=O)(=O)c1cccc(C(F)(F)F)c1. The molecule has 1 fully saturated rings. The summed E-state index contributed by atoms with van der Waals surface area (Å²) in [5.74, 6) is -0.596. The van der Waals surface area contributed by atoms with Crippen molar-refractivity contribution in [2.75, 3.05) is 11.4 Å². The first-order chi connectivity index (χ1) is 12.9. The third-order valence-corrected chi connectivity index (χ3v) is 7.82. The lowest BCUT2D eigenvalue weighted by atomic mass is 9.85. The summed E-state index contributed by atoms with van der Waals surface area (Å²) in [5, 5.41) is 6.28. The van der Waals surface area contributed by atoms with Crippen molar-refractivity contribution in [3.8, 4) is 0 Å². The fourth-order valence-electron chi connectivity index (χ4n) is 3.34. The molecule has 0 unspecified atom stereocenters. The van der Waals surface area contributed by atoms with Crippen molar-refractivity contribution in [1.29, 1.82) is 0 Å². The Morgan fingerprint density at radius 1 is 1.25 bits per heavy atom. The van der Waals surface area contributed by atoms with Crippen LogP contribution in [-0.2, 0) is 20.8 Å². The van der Waals surface area contributed by atoms with Gasteiger partial charge < -0.3 is 0 Å². The van der Waals surface area contributed by atoms with Gasteiger partial charge in [-0.1, -0.05) is 6.07 Å². The number of benzene rings is 1. The second-order valence-corrected chi connectivity index (χ2v) is 9.71. The fourth-order valence-corrected chi connectivity index (χ4v) is 5.13. The summed E-state index contributed by atoms with van der Waals surface area (Å²) in [6.45, 7) is 3.13. The minimum absolute atomic E-state index is 0.0636. The summed E-state index contributed by atoms with van der Waals surface area (Å²) in [7, 11) is -4.12. The molecule has 1 aliphatic rings. The molecule has 3 rings (SSSR count). The highest BCUT2D eigenvalue weighted by molar-refractivity contribution is 7.92. The minimum Gasteiger partial charge on any atom is -0.281 e. The molecule has 28 heavy (non-hydrogen) atoms. The summed E-state index contributed by atoms with van der Waals surface area (Å²) >= 11 is 0. The van der Waals surface area contributed by atoms with Gasteiger partial charge in [0.1, 0.15) is 6.33 Å². The van der Waals surface area contributed by atoms with Crippen molar-refractivity contribution >= 4 is 21.7 Å². The van der Waals surface area contributed by atoms with Gasteiger partial charge in [-0.05, 0) is 44.4 Å². The number of nitrogens with zero attached hydrogens (tertiary/aromatic N) is 3. The van der Waals surface area contributed by atoms with Crippen LogP contribution in [0.4, 0.5) is 19.1 Å². The number of aromatic nitrogens is 3. The predicted octanol–water partition coefficient (Wildman–Crippen LogP) is 2.82. The van der Waals surface area contributed by atoms with E-state index in [9.17, 15) is 26.4 Å². The molecule has 0 saturated carbocycles. The number of hydrogen-bond donors (Lipinski definition) is 1. The summed E-state index contributed by atoms with van der Waals surface area (Å²) in [5.41, 5.74) is -1.03. The van der Waals surface area contributed by atoms with E-state index in [1.54, 1.807) is 0 Å². The van der Waals surface area contributed by atoms with Crippen LogP contribution >= 0.6 is 0 Å². The molecule has 2 heterocycles. The van der Waals surface area contributed by atoms with E-state index < -0.39 is 37.1 Å². The molecule has 11 heteroatoms. The average Bonchev–Trinajstić information content (AvgIpc) is 3.15. The van der Waals surface area contributed by atoms with Gasteiger partial charge in [0.05, 0.1) is 15.2 Å². The van der Waals surface area contributed by atoms with Crippen LogP contribution in [0.15, 0.2) is 35.5 Å². The Hall–Kier alpha value is -2.43. The third kappa shape index (κ3) is 3.50. The summed E-state index contributed by atoms with van der Waals surface area (Å²) < 4.78 is 63.8. The van der Waals surface area contributed by atoms with E-state index in [0.717, 1.165) is 18.2 Å². The first-order valence-electron chi connectivity index (χ1n) is 8.52. The molecule has 0 spiro atoms. The molecule has 1 saturated heterocycles. The first-order valence-corrected chi connectivity index (χ1v) is 10.0. The molecule has 1 aliphatic heterocycles. The van der Waals surface area contributed by atoms with E-state index in [1.165, 1.54) is 25.1 Å². The van der Waals surface area contributed by atoms with Crippen LogP contribution in [-0.4, -0.2) is 40.8 Å². The molecular weight excluding hydrogens is 397 g/mol. The average molecular weight is 416 g/mol. The number of sulfone groups is 1. The smallest absolute Gasteiger partial charge is 0.281 e. The number of amides is 1. The van der Waals surface area contributed by atoms with E-state index in [1.807, 2.05) is 0 Å². The second kappa shape index (κ2) is 6.87. The molecule has 1 N–H and O–H groups in total. The number of alkyl halides is 3. The number of aromatic amines is 1. The van der Waals surface area contributed by atoms with Crippen LogP contribution in [0.5, 0.6) is 0 Å². The third-order valence-electron chi connectivity index (χ3n) is 5.23. The van der Waals surface area contributed by atoms with Crippen molar-refractivity contribution < 1.29 is 26.4 Å². The van der Waals surface area contributed by atoms with Gasteiger partial charge in [-0.3, -0.25) is 9.69 Å². The number of piperidine rings is 1. The normalized spacial score (nSPS) is 19.1. The highest BCUT2D eigenvalue weighted by atomic mass is 32.2. The molecule has 152 valence electrons. The quantitative estimate of drug-likeness (QED) is 0.827. The van der Waals surface area contributed by atoms with E-state index >= 15 is 0 Å². The zero-order valence-electron chi connectivity index (χ0n) is 15.2. The van der Waals surface area contributed by atoms with Gasteiger partial charge in [0.15, 0.2) is 9.84 Å². The zero-order chi connectivity index (χ0) is 20.7. The first kappa shape index (κ1) is 20.3. The van der Waals surface area contributed by atoms with Crippen LogP contribution in [0, 0.1) is 5.92 Å². The van der Waals surface area contributed by atoms with Crippen LogP contribution in [0.2, 0.25) is 0 Å². The lowest BCUT2D eigenvalue weighted by molar-refractivity contribution is -0.137. The van der Waals surface area contributed by atoms with E-state index in [4.69, 9.17) is 0 Å². The Bertz CT molecular complexity index is 972. The number of hydrogen-bond acceptors (Lipinski definition) is 5. The molecule has 0 radical (unpaired) electrons. The van der Waals surface area contributed by atoms with Gasteiger partial charge >= 0.3 is 6.18 Å². The number of rotatable bonds is 4. The largest absolute Gasteiger partial charge is 0.416 e. The summed E-state index contributed by atoms with van der Waals surface area (Å²) in [6.07, 6.45) is -3.09. The molecular formula is C17H19F3N4O3S. The maximum atomic E-state index is 13.1.